The summed E-state index contributed by atoms with van der Waals surface area (Å²) in [4.78, 5) is 39.9. The smallest absolute Gasteiger partial charge is 0.320 e. The molecular weight excluding hydrogens is 470 g/mol. The van der Waals surface area contributed by atoms with E-state index >= 15 is 0 Å². The van der Waals surface area contributed by atoms with Crippen LogP contribution in [0.4, 0.5) is 20.2 Å². The second-order valence-electron chi connectivity index (χ2n) is 7.02. The molecule has 4 aromatic rings. The molecule has 13 heteroatoms. The lowest BCUT2D eigenvalue weighted by Gasteiger charge is -2.11. The fraction of sp³-hybridized carbons (Fsp3) is 0.143. The molecule has 1 aromatic carbocycles. The number of fused-ring (bicyclic) bond motifs is 1. The van der Waals surface area contributed by atoms with Crippen molar-refractivity contribution in [3.63, 3.8) is 0 Å². The zero-order valence-electron chi connectivity index (χ0n) is 17.5. The summed E-state index contributed by atoms with van der Waals surface area (Å²) in [5.41, 5.74) is 4.90. The van der Waals surface area contributed by atoms with Crippen LogP contribution >= 0.6 is 11.3 Å². The van der Waals surface area contributed by atoms with Crippen molar-refractivity contribution in [1.29, 1.82) is 0 Å². The summed E-state index contributed by atoms with van der Waals surface area (Å²) in [7, 11) is 0. The number of nitro groups is 1. The van der Waals surface area contributed by atoms with E-state index in [4.69, 9.17) is 5.73 Å². The van der Waals surface area contributed by atoms with E-state index in [1.165, 1.54) is 6.07 Å². The summed E-state index contributed by atoms with van der Waals surface area (Å²) >= 11 is 0.742. The molecule has 0 saturated heterocycles. The number of nitrogens with one attached hydrogen (secondary N) is 1. The maximum atomic E-state index is 13.6. The quantitative estimate of drug-likeness (QED) is 0.293. The Morgan fingerprint density at radius 1 is 1.29 bits per heavy atom. The van der Waals surface area contributed by atoms with Gasteiger partial charge in [-0.2, -0.15) is 5.10 Å². The number of alkyl halides is 2. The Balaban J connectivity index is 1.97. The molecule has 0 unspecified atom stereocenters. The van der Waals surface area contributed by atoms with Gasteiger partial charge in [-0.3, -0.25) is 24.4 Å². The highest BCUT2D eigenvalue weighted by molar-refractivity contribution is 7.21. The fourth-order valence-corrected chi connectivity index (χ4v) is 4.54. The largest absolute Gasteiger partial charge is 0.365 e. The van der Waals surface area contributed by atoms with Crippen molar-refractivity contribution in [2.45, 2.75) is 19.9 Å². The Kier molecular flexibility index (Phi) is 6.03. The lowest BCUT2D eigenvalue weighted by molar-refractivity contribution is -0.385. The number of pyridine rings is 1. The summed E-state index contributed by atoms with van der Waals surface area (Å²) < 4.78 is 28.3. The van der Waals surface area contributed by atoms with E-state index in [-0.39, 0.29) is 33.0 Å². The molecule has 0 fully saturated rings. The van der Waals surface area contributed by atoms with Gasteiger partial charge in [-0.25, -0.2) is 13.8 Å². The van der Waals surface area contributed by atoms with Crippen molar-refractivity contribution < 1.29 is 23.3 Å². The minimum atomic E-state index is -2.88. The number of hydrogen-bond acceptors (Lipinski definition) is 7. The molecule has 34 heavy (non-hydrogen) atoms. The number of primary amides is 1. The molecule has 0 aliphatic carbocycles. The van der Waals surface area contributed by atoms with Crippen molar-refractivity contribution in [2.24, 2.45) is 5.73 Å². The van der Waals surface area contributed by atoms with E-state index < -0.39 is 34.5 Å². The Hall–Kier alpha value is -4.26. The predicted molar refractivity (Wildman–Crippen MR) is 121 cm³/mol. The van der Waals surface area contributed by atoms with Gasteiger partial charge in [0, 0.05) is 11.9 Å². The first-order chi connectivity index (χ1) is 16.2. The van der Waals surface area contributed by atoms with Crippen molar-refractivity contribution in [1.82, 2.24) is 14.8 Å². The second kappa shape index (κ2) is 8.94. The molecule has 3 N–H and O–H groups in total. The number of hydrogen-bond donors (Lipinski definition) is 2. The van der Waals surface area contributed by atoms with E-state index in [1.54, 1.807) is 37.3 Å². The van der Waals surface area contributed by atoms with Gasteiger partial charge in [0.05, 0.1) is 10.6 Å². The third kappa shape index (κ3) is 3.96. The average Bonchev–Trinajstić information content (AvgIpc) is 3.41. The molecule has 0 aliphatic heterocycles. The number of halogens is 2. The fourth-order valence-electron chi connectivity index (χ4n) is 3.52. The van der Waals surface area contributed by atoms with Crippen LogP contribution in [0.15, 0.2) is 42.6 Å². The van der Waals surface area contributed by atoms with Gasteiger partial charge >= 0.3 is 5.69 Å². The lowest BCUT2D eigenvalue weighted by Crippen LogP contribution is -2.21. The molecule has 0 aliphatic rings. The first-order valence-electron chi connectivity index (χ1n) is 9.85. The minimum Gasteiger partial charge on any atom is -0.365 e. The van der Waals surface area contributed by atoms with Crippen LogP contribution in [0.5, 0.6) is 0 Å². The highest BCUT2D eigenvalue weighted by Crippen LogP contribution is 2.42. The molecule has 0 saturated carbocycles. The van der Waals surface area contributed by atoms with Gasteiger partial charge in [0.15, 0.2) is 0 Å². The molecule has 3 aromatic heterocycles. The number of nitrogens with two attached hydrogens (primary N) is 1. The summed E-state index contributed by atoms with van der Waals surface area (Å²) in [6, 6.07) is 9.67. The van der Waals surface area contributed by atoms with Crippen LogP contribution in [-0.2, 0) is 6.54 Å². The van der Waals surface area contributed by atoms with Gasteiger partial charge in [-0.1, -0.05) is 30.3 Å². The maximum Gasteiger partial charge on any atom is 0.320 e. The minimum absolute atomic E-state index is 0.0549. The summed E-state index contributed by atoms with van der Waals surface area (Å²) in [6.07, 6.45) is -1.93. The molecule has 0 atom stereocenters. The third-order valence-electron chi connectivity index (χ3n) is 4.98. The zero-order chi connectivity index (χ0) is 24.6. The molecule has 0 spiro atoms. The van der Waals surface area contributed by atoms with E-state index in [2.05, 4.69) is 15.4 Å². The van der Waals surface area contributed by atoms with Gasteiger partial charge in [-0.15, -0.1) is 11.3 Å². The monoisotopic (exact) mass is 486 g/mol. The third-order valence-corrected chi connectivity index (χ3v) is 6.08. The number of nitrogens with zero attached hydrogens (tertiary/aromatic N) is 4. The number of thiophene rings is 1. The Morgan fingerprint density at radius 2 is 2.00 bits per heavy atom. The van der Waals surface area contributed by atoms with Crippen LogP contribution in [0.3, 0.4) is 0 Å². The van der Waals surface area contributed by atoms with Crippen LogP contribution in [0, 0.1) is 10.1 Å². The summed E-state index contributed by atoms with van der Waals surface area (Å²) in [5, 5.41) is 18.0. The van der Waals surface area contributed by atoms with Crippen LogP contribution in [0.1, 0.15) is 39.2 Å². The van der Waals surface area contributed by atoms with Gasteiger partial charge in [0.1, 0.15) is 21.6 Å². The molecule has 0 radical (unpaired) electrons. The van der Waals surface area contributed by atoms with Crippen molar-refractivity contribution >= 4 is 44.7 Å². The number of amides is 2. The molecule has 4 rings (SSSR count). The highest BCUT2D eigenvalue weighted by atomic mass is 32.1. The lowest BCUT2D eigenvalue weighted by atomic mass is 10.0. The Labute approximate surface area is 194 Å². The predicted octanol–water partition coefficient (Wildman–Crippen LogP) is 4.38. The zero-order valence-corrected chi connectivity index (χ0v) is 18.3. The molecule has 2 amide bonds. The number of benzene rings is 1. The van der Waals surface area contributed by atoms with E-state index in [0.29, 0.717) is 11.1 Å². The average molecular weight is 486 g/mol. The highest BCUT2D eigenvalue weighted by Gasteiger charge is 2.30. The van der Waals surface area contributed by atoms with Crippen molar-refractivity contribution in [3.8, 4) is 11.1 Å². The van der Waals surface area contributed by atoms with E-state index in [9.17, 15) is 28.5 Å². The maximum absolute atomic E-state index is 13.6. The normalized spacial score (nSPS) is 11.2. The number of carbonyl (C=O) groups is 2. The molecule has 3 heterocycles. The summed E-state index contributed by atoms with van der Waals surface area (Å²) in [5.74, 6) is -1.83. The van der Waals surface area contributed by atoms with Crippen LogP contribution < -0.4 is 11.1 Å². The SMILES string of the molecule is CCn1ncc([N+](=O)[O-])c1C(=O)Nc1c(C(N)=O)sc2nc(C(F)F)cc(-c3ccccc3)c12. The first kappa shape index (κ1) is 22.9. The number of rotatable bonds is 7. The Morgan fingerprint density at radius 3 is 2.59 bits per heavy atom. The molecule has 10 nitrogen and oxygen atoms in total. The van der Waals surface area contributed by atoms with Crippen LogP contribution in [0.25, 0.3) is 21.3 Å². The van der Waals surface area contributed by atoms with Crippen LogP contribution in [0.2, 0.25) is 0 Å². The van der Waals surface area contributed by atoms with Crippen molar-refractivity contribution in [3.05, 3.63) is 69.0 Å². The Bertz CT molecular complexity index is 1430. The molecule has 174 valence electrons. The second-order valence-corrected chi connectivity index (χ2v) is 8.02. The van der Waals surface area contributed by atoms with Gasteiger partial charge in [-0.05, 0) is 24.1 Å². The van der Waals surface area contributed by atoms with Gasteiger partial charge < -0.3 is 11.1 Å². The van der Waals surface area contributed by atoms with Crippen LogP contribution in [-0.4, -0.2) is 31.5 Å². The summed E-state index contributed by atoms with van der Waals surface area (Å²) in [6.45, 7) is 1.81. The van der Waals surface area contributed by atoms with E-state index in [0.717, 1.165) is 22.2 Å². The molecule has 0 bridgehead atoms. The standard InChI is InChI=1S/C21H16F2N6O4S/c1-2-28-16(13(9-25-28)29(32)33)20(31)27-15-14-11(10-6-4-3-5-7-10)8-12(18(22)23)26-21(14)34-17(15)19(24)30/h3-9,18H,2H2,1H3,(H2,24,30)(H,27,31). The first-order valence-corrected chi connectivity index (χ1v) is 10.7. The molecular formula is C21H16F2N6O4S. The topological polar surface area (TPSA) is 146 Å². The number of anilines is 1. The van der Waals surface area contributed by atoms with Crippen molar-refractivity contribution in [2.75, 3.05) is 5.32 Å². The number of aromatic nitrogens is 3. The number of aryl methyl sites for hydroxylation is 1. The van der Waals surface area contributed by atoms with E-state index in [1.807, 2.05) is 0 Å². The number of carbonyl (C=O) groups excluding carboxylic acids is 2. The van der Waals surface area contributed by atoms with Gasteiger partial charge in [0.25, 0.3) is 18.2 Å². The van der Waals surface area contributed by atoms with Gasteiger partial charge in [0.2, 0.25) is 5.69 Å².